The third-order valence-corrected chi connectivity index (χ3v) is 7.22. The van der Waals surface area contributed by atoms with Crippen LogP contribution in [-0.4, -0.2) is 51.7 Å². The molecule has 1 fully saturated rings. The molecule has 1 heterocycles. The lowest BCUT2D eigenvalue weighted by molar-refractivity contribution is -0.159. The quantitative estimate of drug-likeness (QED) is 0.245. The smallest absolute Gasteiger partial charge is 0.414 e. The molecule has 4 N–H and O–H groups in total. The number of carboxylic acids is 2. The molecule has 0 aliphatic heterocycles. The molecular formula is C28H38N2O5S. The average Bonchev–Trinajstić information content (AvgIpc) is 3.23. The van der Waals surface area contributed by atoms with E-state index in [2.05, 4.69) is 71.4 Å². The van der Waals surface area contributed by atoms with Crippen LogP contribution in [0.2, 0.25) is 0 Å². The van der Waals surface area contributed by atoms with E-state index in [-0.39, 0.29) is 0 Å². The maximum absolute atomic E-state index is 11.5. The number of nitrogens with one attached hydrogen (secondary N) is 1. The van der Waals surface area contributed by atoms with E-state index in [1.165, 1.54) is 35.1 Å². The number of aliphatic hydroxyl groups excluding tert-OH is 1. The molecule has 1 aliphatic rings. The summed E-state index contributed by atoms with van der Waals surface area (Å²) in [6.07, 6.45) is 6.79. The molecule has 1 atom stereocenters. The summed E-state index contributed by atoms with van der Waals surface area (Å²) in [5.41, 5.74) is 3.45. The number of carboxylic acid groups (broad SMARTS) is 2. The van der Waals surface area contributed by atoms with Crippen molar-refractivity contribution in [2.24, 2.45) is 5.92 Å². The first-order chi connectivity index (χ1) is 17.4. The van der Waals surface area contributed by atoms with Gasteiger partial charge in [-0.2, -0.15) is 0 Å². The highest BCUT2D eigenvalue weighted by molar-refractivity contribution is 7.99. The van der Waals surface area contributed by atoms with Crippen molar-refractivity contribution < 1.29 is 24.9 Å². The second kappa shape index (κ2) is 15.3. The minimum absolute atomic E-state index is 0.367. The number of fused-ring (bicyclic) bond motifs is 1. The first-order valence-corrected chi connectivity index (χ1v) is 13.4. The van der Waals surface area contributed by atoms with Crippen LogP contribution in [0.15, 0.2) is 59.5 Å². The molecule has 0 bridgehead atoms. The highest BCUT2D eigenvalue weighted by Crippen LogP contribution is 2.44. The second-order valence-corrected chi connectivity index (χ2v) is 9.81. The van der Waals surface area contributed by atoms with Crippen LogP contribution < -0.4 is 5.32 Å². The molecule has 1 aliphatic carbocycles. The Hall–Kier alpha value is -2.81. The van der Waals surface area contributed by atoms with Crippen molar-refractivity contribution in [3.63, 3.8) is 0 Å². The van der Waals surface area contributed by atoms with E-state index in [0.717, 1.165) is 36.4 Å². The Balaban J connectivity index is 0.000000439. The van der Waals surface area contributed by atoms with E-state index >= 15 is 0 Å². The molecular weight excluding hydrogens is 476 g/mol. The summed E-state index contributed by atoms with van der Waals surface area (Å²) in [5.74, 6) is -2.20. The minimum Gasteiger partial charge on any atom is -0.473 e. The molecule has 0 spiro atoms. The number of hydrogen-bond acceptors (Lipinski definition) is 5. The summed E-state index contributed by atoms with van der Waals surface area (Å²) in [7, 11) is 3.75. The van der Waals surface area contributed by atoms with Gasteiger partial charge in [-0.3, -0.25) is 0 Å². The highest BCUT2D eigenvalue weighted by Gasteiger charge is 2.30. The number of aliphatic hydroxyl groups is 1. The largest absolute Gasteiger partial charge is 0.473 e. The first-order valence-electron chi connectivity index (χ1n) is 12.4. The van der Waals surface area contributed by atoms with E-state index in [1.807, 2.05) is 25.9 Å². The molecule has 3 aromatic rings. The van der Waals surface area contributed by atoms with Gasteiger partial charge in [-0.1, -0.05) is 62.6 Å². The van der Waals surface area contributed by atoms with Crippen LogP contribution in [0.1, 0.15) is 57.2 Å². The highest BCUT2D eigenvalue weighted by atomic mass is 32.2. The third-order valence-electron chi connectivity index (χ3n) is 5.89. The van der Waals surface area contributed by atoms with Gasteiger partial charge < -0.3 is 25.2 Å². The van der Waals surface area contributed by atoms with Crippen LogP contribution in [0.3, 0.4) is 0 Å². The Kier molecular flexibility index (Phi) is 12.5. The Labute approximate surface area is 217 Å². The van der Waals surface area contributed by atoms with Gasteiger partial charge in [-0.05, 0) is 63.2 Å². The van der Waals surface area contributed by atoms with Crippen molar-refractivity contribution in [2.45, 2.75) is 56.4 Å². The molecule has 2 aromatic carbocycles. The zero-order valence-electron chi connectivity index (χ0n) is 21.3. The first kappa shape index (κ1) is 29.4. The standard InChI is InChI=1S/C24H29NOS.C2H7N.C2H2O4/c1-2-17-27-24-20-15-9-10-16-21(20)25(19-13-7-4-8-14-19)22(24)23(26)18-11-5-3-6-12-18;1-3-2;3-1(4)2(5)6/h4,7-10,13-16,18,23,26H,2-3,5-6,11-12,17H2,1H3;3H,1-2H3;(H,3,4)(H,5,6). The topological polar surface area (TPSA) is 112 Å². The normalized spacial score (nSPS) is 14.2. The number of aliphatic carboxylic acids is 2. The zero-order chi connectivity index (χ0) is 26.5. The molecule has 0 radical (unpaired) electrons. The molecule has 1 aromatic heterocycles. The van der Waals surface area contributed by atoms with Crippen molar-refractivity contribution in [2.75, 3.05) is 19.8 Å². The van der Waals surface area contributed by atoms with Crippen molar-refractivity contribution in [1.29, 1.82) is 0 Å². The Morgan fingerprint density at radius 3 is 2.08 bits per heavy atom. The molecule has 4 rings (SSSR count). The van der Waals surface area contributed by atoms with E-state index in [0.29, 0.717) is 5.92 Å². The van der Waals surface area contributed by atoms with Crippen LogP contribution in [0.5, 0.6) is 0 Å². The molecule has 8 heteroatoms. The lowest BCUT2D eigenvalue weighted by Crippen LogP contribution is -2.19. The van der Waals surface area contributed by atoms with Gasteiger partial charge in [-0.15, -0.1) is 11.8 Å². The van der Waals surface area contributed by atoms with Crippen molar-refractivity contribution in [3.8, 4) is 5.69 Å². The molecule has 36 heavy (non-hydrogen) atoms. The van der Waals surface area contributed by atoms with Gasteiger partial charge in [0.2, 0.25) is 0 Å². The minimum atomic E-state index is -1.82. The summed E-state index contributed by atoms with van der Waals surface area (Å²) in [5, 5.41) is 30.3. The summed E-state index contributed by atoms with van der Waals surface area (Å²) in [6.45, 7) is 2.22. The number of aromatic nitrogens is 1. The monoisotopic (exact) mass is 514 g/mol. The maximum atomic E-state index is 11.5. The fourth-order valence-electron chi connectivity index (χ4n) is 4.38. The van der Waals surface area contributed by atoms with Gasteiger partial charge in [0.05, 0.1) is 17.3 Å². The predicted molar refractivity (Wildman–Crippen MR) is 146 cm³/mol. The lowest BCUT2D eigenvalue weighted by Gasteiger charge is -2.28. The molecule has 196 valence electrons. The van der Waals surface area contributed by atoms with Crippen LogP contribution in [0.25, 0.3) is 16.6 Å². The third kappa shape index (κ3) is 7.85. The molecule has 0 saturated heterocycles. The van der Waals surface area contributed by atoms with Crippen LogP contribution >= 0.6 is 11.8 Å². The van der Waals surface area contributed by atoms with Gasteiger partial charge in [0.15, 0.2) is 0 Å². The van der Waals surface area contributed by atoms with Crippen molar-refractivity contribution in [1.82, 2.24) is 9.88 Å². The van der Waals surface area contributed by atoms with Crippen LogP contribution in [0, 0.1) is 5.92 Å². The Bertz CT molecular complexity index is 1080. The summed E-state index contributed by atoms with van der Waals surface area (Å²) < 4.78 is 2.31. The van der Waals surface area contributed by atoms with Gasteiger partial charge in [0, 0.05) is 16.0 Å². The molecule has 1 unspecified atom stereocenters. The van der Waals surface area contributed by atoms with E-state index < -0.39 is 18.0 Å². The number of carbonyl (C=O) groups is 2. The number of rotatable bonds is 6. The van der Waals surface area contributed by atoms with Gasteiger partial charge >= 0.3 is 11.9 Å². The molecule has 7 nitrogen and oxygen atoms in total. The Morgan fingerprint density at radius 1 is 0.972 bits per heavy atom. The number of thioether (sulfide) groups is 1. The van der Waals surface area contributed by atoms with Gasteiger partial charge in [-0.25, -0.2) is 9.59 Å². The van der Waals surface area contributed by atoms with E-state index in [1.54, 1.807) is 0 Å². The summed E-state index contributed by atoms with van der Waals surface area (Å²) in [6, 6.07) is 19.1. The van der Waals surface area contributed by atoms with Crippen LogP contribution in [0.4, 0.5) is 0 Å². The fraction of sp³-hybridized carbons (Fsp3) is 0.429. The fourth-order valence-corrected chi connectivity index (χ4v) is 5.48. The molecule has 0 amide bonds. The van der Waals surface area contributed by atoms with E-state index in [9.17, 15) is 5.11 Å². The number of nitrogens with zero attached hydrogens (tertiary/aromatic N) is 1. The number of benzene rings is 2. The Morgan fingerprint density at radius 2 is 1.53 bits per heavy atom. The van der Waals surface area contributed by atoms with Crippen LogP contribution in [-0.2, 0) is 9.59 Å². The predicted octanol–water partition coefficient (Wildman–Crippen LogP) is 5.74. The SMILES string of the molecule is CCCSc1c(C(O)C2CCCCC2)n(-c2ccccc2)c2ccccc12.CNC.O=C(O)C(=O)O. The maximum Gasteiger partial charge on any atom is 0.414 e. The van der Waals surface area contributed by atoms with Crippen molar-refractivity contribution in [3.05, 3.63) is 60.3 Å². The summed E-state index contributed by atoms with van der Waals surface area (Å²) in [4.78, 5) is 19.5. The summed E-state index contributed by atoms with van der Waals surface area (Å²) >= 11 is 1.90. The number of para-hydroxylation sites is 2. The zero-order valence-corrected chi connectivity index (χ0v) is 22.1. The number of hydrogen-bond donors (Lipinski definition) is 4. The van der Waals surface area contributed by atoms with E-state index in [4.69, 9.17) is 19.8 Å². The lowest BCUT2D eigenvalue weighted by atomic mass is 9.84. The van der Waals surface area contributed by atoms with Gasteiger partial charge in [0.1, 0.15) is 0 Å². The molecule has 1 saturated carbocycles. The second-order valence-electron chi connectivity index (χ2n) is 8.70. The van der Waals surface area contributed by atoms with Crippen molar-refractivity contribution >= 4 is 34.6 Å². The average molecular weight is 515 g/mol. The van der Waals surface area contributed by atoms with Gasteiger partial charge in [0.25, 0.3) is 0 Å².